The first-order chi connectivity index (χ1) is 7.70. The van der Waals surface area contributed by atoms with Crippen molar-refractivity contribution in [3.8, 4) is 0 Å². The second-order valence-corrected chi connectivity index (χ2v) is 3.31. The van der Waals surface area contributed by atoms with Crippen molar-refractivity contribution in [2.45, 2.75) is 6.92 Å². The maximum Gasteiger partial charge on any atom is 0.331 e. The van der Waals surface area contributed by atoms with Crippen LogP contribution in [-0.4, -0.2) is 11.1 Å². The van der Waals surface area contributed by atoms with E-state index in [1.807, 2.05) is 42.5 Å². The Labute approximate surface area is 95.2 Å². The summed E-state index contributed by atoms with van der Waals surface area (Å²) in [5, 5.41) is 8.60. The quantitative estimate of drug-likeness (QED) is 0.616. The topological polar surface area (TPSA) is 37.3 Å². The Morgan fingerprint density at radius 2 is 1.81 bits per heavy atom. The van der Waals surface area contributed by atoms with E-state index < -0.39 is 5.97 Å². The van der Waals surface area contributed by atoms with Crippen LogP contribution in [0.4, 0.5) is 0 Å². The Balaban J connectivity index is 2.52. The van der Waals surface area contributed by atoms with E-state index in [9.17, 15) is 4.79 Å². The third-order valence-electron chi connectivity index (χ3n) is 1.99. The van der Waals surface area contributed by atoms with Crippen LogP contribution in [0, 0.1) is 0 Å². The predicted octanol–water partition coefficient (Wildman–Crippen LogP) is 3.29. The van der Waals surface area contributed by atoms with Gasteiger partial charge in [0.15, 0.2) is 0 Å². The standard InChI is InChI=1S/C14H14O2/c1-12(14(15)16)8-4-2-5-9-13-10-6-3-7-11-13/h2-11H,1H3,(H,15,16)/b4-2+,9-5?,12-8+. The zero-order chi connectivity index (χ0) is 11.8. The molecule has 0 unspecified atom stereocenters. The number of carboxylic acid groups (broad SMARTS) is 1. The SMILES string of the molecule is C/C(=C\C=C\C=Cc1ccccc1)C(=O)O. The molecule has 0 aliphatic heterocycles. The maximum absolute atomic E-state index is 10.5. The molecule has 0 radical (unpaired) electrons. The highest BCUT2D eigenvalue weighted by Crippen LogP contribution is 2.01. The highest BCUT2D eigenvalue weighted by atomic mass is 16.4. The molecule has 0 spiro atoms. The molecule has 0 bridgehead atoms. The monoisotopic (exact) mass is 214 g/mol. The summed E-state index contributed by atoms with van der Waals surface area (Å²) in [4.78, 5) is 10.5. The number of carbonyl (C=O) groups is 1. The van der Waals surface area contributed by atoms with Gasteiger partial charge in [-0.1, -0.05) is 60.7 Å². The number of benzene rings is 1. The predicted molar refractivity (Wildman–Crippen MR) is 66.0 cm³/mol. The van der Waals surface area contributed by atoms with Gasteiger partial charge >= 0.3 is 5.97 Å². The molecule has 0 atom stereocenters. The Morgan fingerprint density at radius 1 is 1.12 bits per heavy atom. The summed E-state index contributed by atoms with van der Waals surface area (Å²) >= 11 is 0. The molecule has 0 saturated heterocycles. The summed E-state index contributed by atoms with van der Waals surface area (Å²) in [7, 11) is 0. The molecule has 1 N–H and O–H groups in total. The fourth-order valence-electron chi connectivity index (χ4n) is 1.07. The number of allylic oxidation sites excluding steroid dienone is 4. The van der Waals surface area contributed by atoms with Crippen LogP contribution in [0.25, 0.3) is 6.08 Å². The van der Waals surface area contributed by atoms with E-state index >= 15 is 0 Å². The van der Waals surface area contributed by atoms with Crippen molar-refractivity contribution in [2.75, 3.05) is 0 Å². The van der Waals surface area contributed by atoms with Crippen LogP contribution in [0.15, 0.2) is 60.2 Å². The lowest BCUT2D eigenvalue weighted by atomic mass is 10.2. The zero-order valence-electron chi connectivity index (χ0n) is 9.13. The average molecular weight is 214 g/mol. The summed E-state index contributed by atoms with van der Waals surface area (Å²) in [5.41, 5.74) is 1.44. The van der Waals surface area contributed by atoms with E-state index in [-0.39, 0.29) is 0 Å². The normalized spacial score (nSPS) is 12.4. The number of hydrogen-bond acceptors (Lipinski definition) is 1. The van der Waals surface area contributed by atoms with Gasteiger partial charge in [0, 0.05) is 5.57 Å². The van der Waals surface area contributed by atoms with Crippen molar-refractivity contribution in [1.82, 2.24) is 0 Å². The van der Waals surface area contributed by atoms with E-state index in [0.717, 1.165) is 5.56 Å². The molecule has 82 valence electrons. The smallest absolute Gasteiger partial charge is 0.331 e. The molecule has 0 saturated carbocycles. The molecule has 0 aliphatic carbocycles. The molecule has 0 fully saturated rings. The van der Waals surface area contributed by atoms with E-state index in [1.165, 1.54) is 0 Å². The first kappa shape index (κ1) is 12.0. The molecule has 1 rings (SSSR count). The van der Waals surface area contributed by atoms with Crippen LogP contribution in [-0.2, 0) is 4.79 Å². The van der Waals surface area contributed by atoms with Crippen LogP contribution in [0.1, 0.15) is 12.5 Å². The number of rotatable bonds is 4. The first-order valence-electron chi connectivity index (χ1n) is 5.00. The van der Waals surface area contributed by atoms with E-state index in [4.69, 9.17) is 5.11 Å². The second kappa shape index (κ2) is 6.40. The van der Waals surface area contributed by atoms with Gasteiger partial charge in [-0.25, -0.2) is 4.79 Å². The molecule has 2 nitrogen and oxygen atoms in total. The molecule has 0 aliphatic rings. The first-order valence-corrected chi connectivity index (χ1v) is 5.00. The van der Waals surface area contributed by atoms with Gasteiger partial charge in [-0.2, -0.15) is 0 Å². The lowest BCUT2D eigenvalue weighted by Gasteiger charge is -1.88. The van der Waals surface area contributed by atoms with E-state index in [1.54, 1.807) is 25.2 Å². The summed E-state index contributed by atoms with van der Waals surface area (Å²) in [6, 6.07) is 9.91. The lowest BCUT2D eigenvalue weighted by molar-refractivity contribution is -0.132. The number of aliphatic carboxylic acids is 1. The summed E-state index contributed by atoms with van der Waals surface area (Å²) < 4.78 is 0. The van der Waals surface area contributed by atoms with Gasteiger partial charge < -0.3 is 5.11 Å². The molecule has 1 aromatic rings. The molecule has 0 amide bonds. The summed E-state index contributed by atoms with van der Waals surface area (Å²) in [6.07, 6.45) is 8.92. The molecular formula is C14H14O2. The van der Waals surface area contributed by atoms with Crippen molar-refractivity contribution < 1.29 is 9.90 Å². The highest BCUT2D eigenvalue weighted by Gasteiger charge is 1.94. The van der Waals surface area contributed by atoms with E-state index in [0.29, 0.717) is 5.57 Å². The fourth-order valence-corrected chi connectivity index (χ4v) is 1.07. The van der Waals surface area contributed by atoms with Crippen LogP contribution in [0.5, 0.6) is 0 Å². The van der Waals surface area contributed by atoms with Crippen molar-refractivity contribution in [3.05, 3.63) is 65.8 Å². The van der Waals surface area contributed by atoms with Crippen molar-refractivity contribution in [3.63, 3.8) is 0 Å². The van der Waals surface area contributed by atoms with Crippen LogP contribution in [0.3, 0.4) is 0 Å². The summed E-state index contributed by atoms with van der Waals surface area (Å²) in [5.74, 6) is -0.892. The van der Waals surface area contributed by atoms with Gasteiger partial charge in [-0.3, -0.25) is 0 Å². The maximum atomic E-state index is 10.5. The fraction of sp³-hybridized carbons (Fsp3) is 0.0714. The molecule has 1 aromatic carbocycles. The number of carboxylic acids is 1. The van der Waals surface area contributed by atoms with Crippen LogP contribution in [0.2, 0.25) is 0 Å². The van der Waals surface area contributed by atoms with Crippen molar-refractivity contribution in [2.24, 2.45) is 0 Å². The molecular weight excluding hydrogens is 200 g/mol. The van der Waals surface area contributed by atoms with Crippen LogP contribution >= 0.6 is 0 Å². The van der Waals surface area contributed by atoms with E-state index in [2.05, 4.69) is 0 Å². The highest BCUT2D eigenvalue weighted by molar-refractivity contribution is 5.86. The Kier molecular flexibility index (Phi) is 4.80. The van der Waals surface area contributed by atoms with Gasteiger partial charge in [0.25, 0.3) is 0 Å². The van der Waals surface area contributed by atoms with Gasteiger partial charge in [-0.05, 0) is 12.5 Å². The average Bonchev–Trinajstić information content (AvgIpc) is 2.29. The largest absolute Gasteiger partial charge is 0.478 e. The Hall–Kier alpha value is -2.09. The van der Waals surface area contributed by atoms with Gasteiger partial charge in [0.05, 0.1) is 0 Å². The third kappa shape index (κ3) is 4.42. The molecule has 0 heterocycles. The van der Waals surface area contributed by atoms with Gasteiger partial charge in [0.1, 0.15) is 0 Å². The molecule has 0 aromatic heterocycles. The Morgan fingerprint density at radius 3 is 2.44 bits per heavy atom. The van der Waals surface area contributed by atoms with Crippen LogP contribution < -0.4 is 0 Å². The number of hydrogen-bond donors (Lipinski definition) is 1. The lowest BCUT2D eigenvalue weighted by Crippen LogP contribution is -1.94. The minimum Gasteiger partial charge on any atom is -0.478 e. The Bertz CT molecular complexity index is 425. The zero-order valence-corrected chi connectivity index (χ0v) is 9.13. The second-order valence-electron chi connectivity index (χ2n) is 3.31. The third-order valence-corrected chi connectivity index (χ3v) is 1.99. The minimum absolute atomic E-state index is 0.323. The van der Waals surface area contributed by atoms with Gasteiger partial charge in [-0.15, -0.1) is 0 Å². The minimum atomic E-state index is -0.892. The van der Waals surface area contributed by atoms with Gasteiger partial charge in [0.2, 0.25) is 0 Å². The van der Waals surface area contributed by atoms with Crippen molar-refractivity contribution >= 4 is 12.0 Å². The molecule has 2 heteroatoms. The summed E-state index contributed by atoms with van der Waals surface area (Å²) in [6.45, 7) is 1.56. The molecule has 16 heavy (non-hydrogen) atoms. The van der Waals surface area contributed by atoms with Crippen molar-refractivity contribution in [1.29, 1.82) is 0 Å².